The number of para-hydroxylation sites is 1. The van der Waals surface area contributed by atoms with Crippen LogP contribution in [-0.4, -0.2) is 21.4 Å². The maximum atomic E-state index is 10.0. The summed E-state index contributed by atoms with van der Waals surface area (Å²) in [6.45, 7) is 1.94. The van der Waals surface area contributed by atoms with E-state index in [4.69, 9.17) is 10.2 Å². The first-order valence-electron chi connectivity index (χ1n) is 4.72. The number of carbonyl (C=O) groups is 1. The van der Waals surface area contributed by atoms with Crippen LogP contribution in [0.1, 0.15) is 19.8 Å². The van der Waals surface area contributed by atoms with Gasteiger partial charge in [-0.1, -0.05) is 31.5 Å². The number of phenolic OH excluding ortho intramolecular Hbond substituents is 1. The predicted molar refractivity (Wildman–Crippen MR) is 63.4 cm³/mol. The lowest BCUT2D eigenvalue weighted by molar-refractivity contribution is -0.136. The highest BCUT2D eigenvalue weighted by molar-refractivity contribution is 7.81. The summed E-state index contributed by atoms with van der Waals surface area (Å²) in [5, 5.41) is 16.4. The van der Waals surface area contributed by atoms with E-state index in [1.807, 2.05) is 13.0 Å². The Labute approximate surface area is 95.2 Å². The Balaban J connectivity index is 0.000000262. The van der Waals surface area contributed by atoms with Gasteiger partial charge in [0.2, 0.25) is 0 Å². The summed E-state index contributed by atoms with van der Waals surface area (Å²) in [5.41, 5.74) is 0. The Morgan fingerprint density at radius 3 is 2.13 bits per heavy atom. The van der Waals surface area contributed by atoms with Crippen molar-refractivity contribution >= 4 is 18.6 Å². The molecule has 0 amide bonds. The number of benzene rings is 1. The number of carboxylic acid groups (broad SMARTS) is 1. The molecule has 0 fully saturated rings. The minimum absolute atomic E-state index is 0.322. The van der Waals surface area contributed by atoms with Crippen molar-refractivity contribution < 1.29 is 15.0 Å². The van der Waals surface area contributed by atoms with Crippen LogP contribution in [0.15, 0.2) is 30.3 Å². The SMILES string of the molecule is CCCC(S)C(=O)O.Oc1ccccc1. The normalized spacial score (nSPS) is 11.1. The average Bonchev–Trinajstić information content (AvgIpc) is 2.20. The molecule has 1 rings (SSSR count). The Bertz CT molecular complexity index is 274. The topological polar surface area (TPSA) is 57.5 Å². The molecular weight excluding hydrogens is 212 g/mol. The summed E-state index contributed by atoms with van der Waals surface area (Å²) >= 11 is 3.81. The van der Waals surface area contributed by atoms with Gasteiger partial charge in [-0.3, -0.25) is 4.79 Å². The van der Waals surface area contributed by atoms with Gasteiger partial charge in [-0.15, -0.1) is 0 Å². The monoisotopic (exact) mass is 228 g/mol. The predicted octanol–water partition coefficient (Wildman–Crippen LogP) is 2.56. The summed E-state index contributed by atoms with van der Waals surface area (Å²) < 4.78 is 0. The van der Waals surface area contributed by atoms with E-state index in [0.29, 0.717) is 12.2 Å². The minimum atomic E-state index is -0.824. The van der Waals surface area contributed by atoms with Gasteiger partial charge in [0.25, 0.3) is 0 Å². The Hall–Kier alpha value is -1.16. The second kappa shape index (κ2) is 8.17. The van der Waals surface area contributed by atoms with Crippen molar-refractivity contribution in [3.05, 3.63) is 30.3 Å². The van der Waals surface area contributed by atoms with Crippen LogP contribution in [-0.2, 0) is 4.79 Å². The van der Waals surface area contributed by atoms with E-state index in [0.717, 1.165) is 6.42 Å². The number of aliphatic carboxylic acids is 1. The Morgan fingerprint density at radius 2 is 1.93 bits per heavy atom. The van der Waals surface area contributed by atoms with Crippen LogP contribution in [0.2, 0.25) is 0 Å². The molecule has 0 aliphatic carbocycles. The Morgan fingerprint density at radius 1 is 1.40 bits per heavy atom. The molecule has 3 nitrogen and oxygen atoms in total. The van der Waals surface area contributed by atoms with Gasteiger partial charge in [-0.2, -0.15) is 12.6 Å². The van der Waals surface area contributed by atoms with Crippen molar-refractivity contribution in [2.24, 2.45) is 0 Å². The first kappa shape index (κ1) is 13.8. The van der Waals surface area contributed by atoms with Crippen LogP contribution in [0, 0.1) is 0 Å². The standard InChI is InChI=1S/C6H6O.C5H10O2S/c7-6-4-2-1-3-5-6;1-2-3-4(8)5(6)7/h1-5,7H;4,8H,2-3H2,1H3,(H,6,7). The molecule has 4 heteroatoms. The molecule has 2 N–H and O–H groups in total. The first-order valence-corrected chi connectivity index (χ1v) is 5.24. The van der Waals surface area contributed by atoms with E-state index in [9.17, 15) is 4.79 Å². The molecule has 1 unspecified atom stereocenters. The zero-order valence-electron chi connectivity index (χ0n) is 8.63. The fourth-order valence-electron chi connectivity index (χ4n) is 0.825. The van der Waals surface area contributed by atoms with Gasteiger partial charge in [-0.25, -0.2) is 0 Å². The van der Waals surface area contributed by atoms with E-state index in [2.05, 4.69) is 12.6 Å². The largest absolute Gasteiger partial charge is 0.508 e. The van der Waals surface area contributed by atoms with Crippen molar-refractivity contribution in [1.82, 2.24) is 0 Å². The molecule has 1 aromatic rings. The molecule has 15 heavy (non-hydrogen) atoms. The van der Waals surface area contributed by atoms with Gasteiger partial charge >= 0.3 is 5.97 Å². The molecule has 0 bridgehead atoms. The van der Waals surface area contributed by atoms with E-state index in [1.165, 1.54) is 0 Å². The Kier molecular flexibility index (Phi) is 7.54. The zero-order valence-corrected chi connectivity index (χ0v) is 9.52. The van der Waals surface area contributed by atoms with Gasteiger partial charge in [0.05, 0.1) is 5.25 Å². The molecular formula is C11H16O3S. The molecule has 0 heterocycles. The van der Waals surface area contributed by atoms with E-state index in [-0.39, 0.29) is 0 Å². The van der Waals surface area contributed by atoms with Crippen LogP contribution < -0.4 is 0 Å². The summed E-state index contributed by atoms with van der Waals surface area (Å²) in [6.07, 6.45) is 1.53. The highest BCUT2D eigenvalue weighted by atomic mass is 32.1. The lowest BCUT2D eigenvalue weighted by Gasteiger charge is -1.99. The van der Waals surface area contributed by atoms with Crippen molar-refractivity contribution in [1.29, 1.82) is 0 Å². The zero-order chi connectivity index (χ0) is 11.7. The van der Waals surface area contributed by atoms with Crippen LogP contribution in [0.3, 0.4) is 0 Å². The highest BCUT2D eigenvalue weighted by Crippen LogP contribution is 2.03. The number of carboxylic acids is 1. The molecule has 0 aliphatic rings. The van der Waals surface area contributed by atoms with Crippen molar-refractivity contribution in [2.75, 3.05) is 0 Å². The van der Waals surface area contributed by atoms with Crippen LogP contribution in [0.25, 0.3) is 0 Å². The van der Waals surface area contributed by atoms with Crippen LogP contribution in [0.4, 0.5) is 0 Å². The fraction of sp³-hybridized carbons (Fsp3) is 0.364. The van der Waals surface area contributed by atoms with Gasteiger partial charge in [-0.05, 0) is 18.6 Å². The van der Waals surface area contributed by atoms with E-state index < -0.39 is 11.2 Å². The second-order valence-corrected chi connectivity index (χ2v) is 3.60. The van der Waals surface area contributed by atoms with E-state index in [1.54, 1.807) is 24.3 Å². The molecule has 84 valence electrons. The number of phenols is 1. The molecule has 1 aromatic carbocycles. The van der Waals surface area contributed by atoms with Crippen LogP contribution in [0.5, 0.6) is 5.75 Å². The molecule has 0 radical (unpaired) electrons. The fourth-order valence-corrected chi connectivity index (χ4v) is 1.08. The third-order valence-corrected chi connectivity index (χ3v) is 2.08. The van der Waals surface area contributed by atoms with Crippen molar-refractivity contribution in [2.45, 2.75) is 25.0 Å². The number of aromatic hydroxyl groups is 1. The van der Waals surface area contributed by atoms with Crippen molar-refractivity contribution in [3.63, 3.8) is 0 Å². The third kappa shape index (κ3) is 7.88. The molecule has 0 saturated carbocycles. The number of hydrogen-bond acceptors (Lipinski definition) is 3. The molecule has 0 aliphatic heterocycles. The molecule has 0 saturated heterocycles. The quantitative estimate of drug-likeness (QED) is 0.697. The third-order valence-electron chi connectivity index (χ3n) is 1.60. The highest BCUT2D eigenvalue weighted by Gasteiger charge is 2.08. The maximum absolute atomic E-state index is 10.0. The number of hydrogen-bond donors (Lipinski definition) is 3. The average molecular weight is 228 g/mol. The van der Waals surface area contributed by atoms with E-state index >= 15 is 0 Å². The summed E-state index contributed by atoms with van der Waals surface area (Å²) in [7, 11) is 0. The van der Waals surface area contributed by atoms with Gasteiger partial charge in [0.1, 0.15) is 5.75 Å². The molecule has 0 spiro atoms. The van der Waals surface area contributed by atoms with Gasteiger partial charge in [0, 0.05) is 0 Å². The summed E-state index contributed by atoms with van der Waals surface area (Å²) in [4.78, 5) is 10.0. The lowest BCUT2D eigenvalue weighted by Crippen LogP contribution is -2.12. The smallest absolute Gasteiger partial charge is 0.316 e. The van der Waals surface area contributed by atoms with Gasteiger partial charge < -0.3 is 10.2 Å². The van der Waals surface area contributed by atoms with Crippen LogP contribution >= 0.6 is 12.6 Å². The second-order valence-electron chi connectivity index (χ2n) is 2.98. The molecule has 1 atom stereocenters. The number of thiol groups is 1. The summed E-state index contributed by atoms with van der Waals surface area (Å²) in [6, 6.07) is 8.71. The summed E-state index contributed by atoms with van der Waals surface area (Å²) in [5.74, 6) is -0.502. The lowest BCUT2D eigenvalue weighted by atomic mass is 10.2. The molecule has 0 aromatic heterocycles. The minimum Gasteiger partial charge on any atom is -0.508 e. The first-order chi connectivity index (χ1) is 7.07. The number of rotatable bonds is 3. The maximum Gasteiger partial charge on any atom is 0.316 e. The van der Waals surface area contributed by atoms with Gasteiger partial charge in [0.15, 0.2) is 0 Å². The van der Waals surface area contributed by atoms with Crippen molar-refractivity contribution in [3.8, 4) is 5.75 Å².